The van der Waals surface area contributed by atoms with E-state index in [0.29, 0.717) is 16.9 Å². The van der Waals surface area contributed by atoms with Gasteiger partial charge in [-0.05, 0) is 36.4 Å². The molecule has 0 radical (unpaired) electrons. The number of ketones is 2. The van der Waals surface area contributed by atoms with Crippen molar-refractivity contribution < 1.29 is 24.5 Å². The zero-order valence-electron chi connectivity index (χ0n) is 15.9. The number of phenols is 1. The number of anilines is 2. The molecule has 0 aromatic heterocycles. The quantitative estimate of drug-likeness (QED) is 0.189. The highest BCUT2D eigenvalue weighted by Crippen LogP contribution is 2.59. The number of hydrogen-bond acceptors (Lipinski definition) is 7. The Labute approximate surface area is 176 Å². The molecule has 6 rings (SSSR count). The molecular formula is C24H14N2O5. The van der Waals surface area contributed by atoms with Gasteiger partial charge >= 0.3 is 0 Å². The number of carbonyl (C=O) groups excluding carboxylic acids is 2. The zero-order valence-corrected chi connectivity index (χ0v) is 15.9. The molecule has 0 saturated carbocycles. The van der Waals surface area contributed by atoms with Crippen molar-refractivity contribution in [1.82, 2.24) is 0 Å². The molecular weight excluding hydrogens is 396 g/mol. The van der Waals surface area contributed by atoms with Crippen LogP contribution in [-0.4, -0.2) is 40.0 Å². The molecule has 2 aliphatic carbocycles. The predicted octanol–water partition coefficient (Wildman–Crippen LogP) is 1.08. The van der Waals surface area contributed by atoms with Crippen LogP contribution in [0.25, 0.3) is 0 Å². The van der Waals surface area contributed by atoms with Crippen LogP contribution in [-0.2, 0) is 10.3 Å². The second-order valence-corrected chi connectivity index (χ2v) is 7.80. The van der Waals surface area contributed by atoms with Gasteiger partial charge in [0.1, 0.15) is 17.9 Å². The van der Waals surface area contributed by atoms with Crippen LogP contribution in [0.15, 0.2) is 36.4 Å². The van der Waals surface area contributed by atoms with E-state index in [9.17, 15) is 19.8 Å². The summed E-state index contributed by atoms with van der Waals surface area (Å²) < 4.78 is 5.92. The Morgan fingerprint density at radius 3 is 2.58 bits per heavy atom. The van der Waals surface area contributed by atoms with Crippen molar-refractivity contribution in [3.05, 3.63) is 64.2 Å². The van der Waals surface area contributed by atoms with Crippen LogP contribution in [0.5, 0.6) is 5.75 Å². The maximum atomic E-state index is 13.5. The molecule has 7 nitrogen and oxygen atoms in total. The van der Waals surface area contributed by atoms with Gasteiger partial charge in [0.05, 0.1) is 16.8 Å². The molecule has 1 fully saturated rings. The van der Waals surface area contributed by atoms with E-state index in [1.165, 1.54) is 24.3 Å². The highest BCUT2D eigenvalue weighted by atomic mass is 16.6. The number of nitrogen functional groups attached to an aromatic ring is 1. The number of fused-ring (bicyclic) bond motifs is 4. The SMILES string of the molecule is Nc1ccc2c(c1)C(=O)c1c(O)cc3c(c1C2=O)N[C@H]1C#C/C=C\C#C[C@@H](O)[C@@]32OC12. The van der Waals surface area contributed by atoms with Gasteiger partial charge in [0, 0.05) is 22.4 Å². The van der Waals surface area contributed by atoms with Gasteiger partial charge < -0.3 is 26.0 Å². The number of allylic oxidation sites excluding steroid dienone is 2. The number of nitrogens with two attached hydrogens (primary N) is 1. The first kappa shape index (κ1) is 17.8. The summed E-state index contributed by atoms with van der Waals surface area (Å²) >= 11 is 0. The third kappa shape index (κ3) is 2.17. The Balaban J connectivity index is 1.64. The lowest BCUT2D eigenvalue weighted by Crippen LogP contribution is -2.42. The molecule has 7 heteroatoms. The van der Waals surface area contributed by atoms with Crippen LogP contribution in [0.4, 0.5) is 11.4 Å². The van der Waals surface area contributed by atoms with Gasteiger partial charge in [0.2, 0.25) is 0 Å². The topological polar surface area (TPSA) is 125 Å². The Hall–Kier alpha value is -4.04. The van der Waals surface area contributed by atoms with E-state index < -0.39 is 35.4 Å². The van der Waals surface area contributed by atoms with Crippen LogP contribution in [0.1, 0.15) is 37.4 Å². The van der Waals surface area contributed by atoms with Crippen LogP contribution in [0.3, 0.4) is 0 Å². The van der Waals surface area contributed by atoms with E-state index in [1.54, 1.807) is 12.1 Å². The van der Waals surface area contributed by atoms with E-state index >= 15 is 0 Å². The number of epoxide rings is 1. The zero-order chi connectivity index (χ0) is 21.5. The van der Waals surface area contributed by atoms with Gasteiger partial charge in [0.25, 0.3) is 0 Å². The van der Waals surface area contributed by atoms with Crippen molar-refractivity contribution >= 4 is 22.9 Å². The smallest absolute Gasteiger partial charge is 0.198 e. The molecule has 2 aliphatic heterocycles. The number of hydrogen-bond donors (Lipinski definition) is 4. The fourth-order valence-electron chi connectivity index (χ4n) is 4.68. The van der Waals surface area contributed by atoms with E-state index in [2.05, 4.69) is 29.0 Å². The van der Waals surface area contributed by atoms with Gasteiger partial charge in [-0.1, -0.05) is 23.7 Å². The van der Waals surface area contributed by atoms with Crippen molar-refractivity contribution in [3.63, 3.8) is 0 Å². The summed E-state index contributed by atoms with van der Waals surface area (Å²) in [5.74, 6) is 10.0. The van der Waals surface area contributed by atoms with Crippen LogP contribution in [0, 0.1) is 23.7 Å². The molecule has 4 aliphatic rings. The Morgan fingerprint density at radius 1 is 1.03 bits per heavy atom. The summed E-state index contributed by atoms with van der Waals surface area (Å²) in [6, 6.07) is 5.29. The average Bonchev–Trinajstić information content (AvgIpc) is 3.51. The van der Waals surface area contributed by atoms with Crippen LogP contribution in [0.2, 0.25) is 0 Å². The predicted molar refractivity (Wildman–Crippen MR) is 110 cm³/mol. The third-order valence-electron chi connectivity index (χ3n) is 6.12. The van der Waals surface area contributed by atoms with E-state index in [4.69, 9.17) is 10.5 Å². The molecule has 0 spiro atoms. The minimum absolute atomic E-state index is 0.0326. The fraction of sp³-hybridized carbons (Fsp3) is 0.167. The summed E-state index contributed by atoms with van der Waals surface area (Å²) in [5, 5.41) is 24.8. The molecule has 1 unspecified atom stereocenters. The molecule has 31 heavy (non-hydrogen) atoms. The largest absolute Gasteiger partial charge is 0.507 e. The molecule has 2 heterocycles. The monoisotopic (exact) mass is 410 g/mol. The number of carbonyl (C=O) groups is 2. The standard InChI is InChI=1S/C24H14N2O5/c25-11-7-8-12-13(9-11)22(30)18-16(27)10-14-20(19(18)21(12)29)26-15-5-3-1-2-4-6-17(28)24(14)23(15)31-24/h1-2,7-10,15,17,23,26-28H,25H2/b2-1-/t15-,17+,23?,24-/m0/s1. The summed E-state index contributed by atoms with van der Waals surface area (Å²) in [7, 11) is 0. The Morgan fingerprint density at radius 2 is 1.77 bits per heavy atom. The van der Waals surface area contributed by atoms with Gasteiger partial charge in [-0.2, -0.15) is 0 Å². The lowest BCUT2D eigenvalue weighted by Gasteiger charge is -2.32. The third-order valence-corrected chi connectivity index (χ3v) is 6.12. The van der Waals surface area contributed by atoms with Crippen molar-refractivity contribution in [1.29, 1.82) is 0 Å². The second kappa shape index (κ2) is 5.77. The van der Waals surface area contributed by atoms with E-state index in [1.807, 2.05) is 0 Å². The summed E-state index contributed by atoms with van der Waals surface area (Å²) in [4.78, 5) is 26.7. The molecule has 0 amide bonds. The number of ether oxygens (including phenoxy) is 1. The molecule has 2 aromatic carbocycles. The van der Waals surface area contributed by atoms with Crippen molar-refractivity contribution in [3.8, 4) is 29.4 Å². The van der Waals surface area contributed by atoms with Gasteiger partial charge in [-0.25, -0.2) is 0 Å². The number of aromatic hydroxyl groups is 1. The van der Waals surface area contributed by atoms with Gasteiger partial charge in [0.15, 0.2) is 23.3 Å². The van der Waals surface area contributed by atoms with Crippen molar-refractivity contribution in [2.75, 3.05) is 11.1 Å². The lowest BCUT2D eigenvalue weighted by molar-refractivity contribution is 0.0975. The Bertz CT molecular complexity index is 1400. The minimum atomic E-state index is -1.25. The van der Waals surface area contributed by atoms with Crippen LogP contribution >= 0.6 is 0 Å². The highest BCUT2D eigenvalue weighted by molar-refractivity contribution is 6.31. The first-order valence-corrected chi connectivity index (χ1v) is 9.62. The summed E-state index contributed by atoms with van der Waals surface area (Å²) in [5.41, 5.74) is 5.83. The number of phenolic OH excluding ortho intramolecular Hbond substituents is 1. The minimum Gasteiger partial charge on any atom is -0.507 e. The fourth-order valence-corrected chi connectivity index (χ4v) is 4.68. The molecule has 5 N–H and O–H groups in total. The maximum Gasteiger partial charge on any atom is 0.198 e. The van der Waals surface area contributed by atoms with Gasteiger partial charge in [-0.3, -0.25) is 9.59 Å². The normalized spacial score (nSPS) is 29.4. The van der Waals surface area contributed by atoms with E-state index in [-0.39, 0.29) is 28.0 Å². The van der Waals surface area contributed by atoms with Gasteiger partial charge in [-0.15, -0.1) is 0 Å². The molecule has 2 aromatic rings. The molecule has 150 valence electrons. The number of aliphatic hydroxyl groups is 1. The van der Waals surface area contributed by atoms with Crippen LogP contribution < -0.4 is 11.1 Å². The molecule has 4 atom stereocenters. The number of rotatable bonds is 0. The first-order valence-electron chi connectivity index (χ1n) is 9.62. The number of nitrogens with one attached hydrogen (secondary N) is 1. The van der Waals surface area contributed by atoms with Crippen molar-refractivity contribution in [2.24, 2.45) is 0 Å². The molecule has 2 bridgehead atoms. The Kier molecular flexibility index (Phi) is 3.31. The highest BCUT2D eigenvalue weighted by Gasteiger charge is 2.69. The lowest BCUT2D eigenvalue weighted by atomic mass is 9.75. The number of benzene rings is 2. The number of aliphatic hydroxyl groups excluding tert-OH is 1. The first-order chi connectivity index (χ1) is 14.9. The average molecular weight is 410 g/mol. The van der Waals surface area contributed by atoms with Crippen molar-refractivity contribution in [2.45, 2.75) is 23.9 Å². The summed E-state index contributed by atoms with van der Waals surface area (Å²) in [6.45, 7) is 0. The maximum absolute atomic E-state index is 13.5. The second-order valence-electron chi connectivity index (χ2n) is 7.80. The molecule has 1 saturated heterocycles. The van der Waals surface area contributed by atoms with E-state index in [0.717, 1.165) is 0 Å². The summed E-state index contributed by atoms with van der Waals surface area (Å²) in [6.07, 6.45) is 1.35.